The average Bonchev–Trinajstić information content (AvgIpc) is 2.52. The highest BCUT2D eigenvalue weighted by Gasteiger charge is 2.12. The van der Waals surface area contributed by atoms with Gasteiger partial charge in [0.2, 0.25) is 5.95 Å². The zero-order valence-electron chi connectivity index (χ0n) is 11.8. The minimum Gasteiger partial charge on any atom is -0.481 e. The van der Waals surface area contributed by atoms with Crippen LogP contribution in [0.25, 0.3) is 11.2 Å². The summed E-state index contributed by atoms with van der Waals surface area (Å²) in [6, 6.07) is -1.06. The van der Waals surface area contributed by atoms with Gasteiger partial charge in [-0.25, -0.2) is 15.8 Å². The predicted octanol–water partition coefficient (Wildman–Crippen LogP) is -1.74. The van der Waals surface area contributed by atoms with Gasteiger partial charge in [-0.1, -0.05) is 0 Å². The third-order valence-electron chi connectivity index (χ3n) is 2.47. The number of carboxylic acid groups (broad SMARTS) is 2. The molecule has 1 unspecified atom stereocenters. The van der Waals surface area contributed by atoms with Crippen LogP contribution in [0.2, 0.25) is 0 Å². The van der Waals surface area contributed by atoms with Crippen molar-refractivity contribution >= 4 is 29.1 Å². The summed E-state index contributed by atoms with van der Waals surface area (Å²) in [6.07, 6.45) is 2.65. The Morgan fingerprint density at radius 3 is 2.52 bits per heavy atom. The smallest absolute Gasteiger partial charge is 0.320 e. The number of hydrogen-bond donors (Lipinski definition) is 6. The maximum atomic E-state index is 11.3. The van der Waals surface area contributed by atoms with Crippen LogP contribution in [0.3, 0.4) is 0 Å². The molecule has 0 amide bonds. The van der Waals surface area contributed by atoms with Crippen LogP contribution in [0.4, 0.5) is 5.95 Å². The van der Waals surface area contributed by atoms with Crippen LogP contribution in [0.5, 0.6) is 0 Å². The number of anilines is 1. The van der Waals surface area contributed by atoms with E-state index in [9.17, 15) is 14.4 Å². The Morgan fingerprint density at radius 1 is 1.30 bits per heavy atom. The molecule has 0 saturated heterocycles. The summed E-state index contributed by atoms with van der Waals surface area (Å²) in [5.74, 6) is 3.05. The first-order chi connectivity index (χ1) is 10.8. The van der Waals surface area contributed by atoms with E-state index in [0.29, 0.717) is 0 Å². The van der Waals surface area contributed by atoms with Crippen molar-refractivity contribution in [2.24, 2.45) is 11.6 Å². The number of nitrogens with zero attached hydrogens (tertiary/aromatic N) is 3. The van der Waals surface area contributed by atoms with Gasteiger partial charge in [0.05, 0.1) is 0 Å². The van der Waals surface area contributed by atoms with E-state index in [-0.39, 0.29) is 35.5 Å². The van der Waals surface area contributed by atoms with Crippen LogP contribution in [0.1, 0.15) is 12.8 Å². The zero-order chi connectivity index (χ0) is 17.4. The van der Waals surface area contributed by atoms with E-state index in [1.165, 1.54) is 12.4 Å². The quantitative estimate of drug-likeness (QED) is 0.268. The summed E-state index contributed by atoms with van der Waals surface area (Å²) < 4.78 is 0. The Bertz CT molecular complexity index is 747. The van der Waals surface area contributed by atoms with Crippen molar-refractivity contribution in [3.8, 4) is 0 Å². The van der Waals surface area contributed by atoms with Crippen molar-refractivity contribution in [2.45, 2.75) is 18.9 Å². The third kappa shape index (κ3) is 5.64. The van der Waals surface area contributed by atoms with Gasteiger partial charge < -0.3 is 15.9 Å². The summed E-state index contributed by atoms with van der Waals surface area (Å²) in [7, 11) is 0. The molecule has 0 spiro atoms. The fourth-order valence-electron chi connectivity index (χ4n) is 1.34. The summed E-state index contributed by atoms with van der Waals surface area (Å²) in [4.78, 5) is 45.1. The van der Waals surface area contributed by atoms with E-state index >= 15 is 0 Å². The van der Waals surface area contributed by atoms with Crippen LogP contribution in [-0.2, 0) is 9.59 Å². The van der Waals surface area contributed by atoms with Crippen molar-refractivity contribution < 1.29 is 19.8 Å². The molecule has 0 fully saturated rings. The number of nitrogens with one attached hydrogen (secondary N) is 2. The van der Waals surface area contributed by atoms with Gasteiger partial charge in [0.15, 0.2) is 11.2 Å². The lowest BCUT2D eigenvalue weighted by molar-refractivity contribution is -0.139. The lowest BCUT2D eigenvalue weighted by Crippen LogP contribution is -2.30. The lowest BCUT2D eigenvalue weighted by atomic mass is 10.2. The van der Waals surface area contributed by atoms with E-state index < -0.39 is 18.0 Å². The Hall–Kier alpha value is -3.12. The summed E-state index contributed by atoms with van der Waals surface area (Å²) >= 11 is 0. The molecular formula is C11H15N7O5. The molecule has 12 nitrogen and oxygen atoms in total. The molecule has 1 atom stereocenters. The van der Waals surface area contributed by atoms with E-state index in [2.05, 4.69) is 25.4 Å². The first kappa shape index (κ1) is 17.9. The van der Waals surface area contributed by atoms with Gasteiger partial charge in [0, 0.05) is 18.8 Å². The van der Waals surface area contributed by atoms with E-state index in [0.717, 1.165) is 0 Å². The van der Waals surface area contributed by atoms with E-state index in [1.807, 2.05) is 0 Å². The number of nitrogen functional groups attached to an aromatic ring is 1. The van der Waals surface area contributed by atoms with Crippen LogP contribution in [0.15, 0.2) is 17.2 Å². The second-order valence-electron chi connectivity index (χ2n) is 4.16. The number of fused-ring (bicyclic) bond motifs is 1. The zero-order valence-corrected chi connectivity index (χ0v) is 11.8. The van der Waals surface area contributed by atoms with Crippen LogP contribution < -0.4 is 22.6 Å². The highest BCUT2D eigenvalue weighted by Crippen LogP contribution is 1.99. The Kier molecular flexibility index (Phi) is 6.51. The fraction of sp³-hybridized carbons (Fsp3) is 0.273. The SMILES string of the molecule is NC(CCC(=O)O)C(=O)O.NNc1nc2nccnc2c(=O)[nH]1. The monoisotopic (exact) mass is 325 g/mol. The molecule has 0 radical (unpaired) electrons. The third-order valence-corrected chi connectivity index (χ3v) is 2.47. The van der Waals surface area contributed by atoms with Crippen LogP contribution in [-0.4, -0.2) is 48.1 Å². The minimum absolute atomic E-state index is 0.0231. The highest BCUT2D eigenvalue weighted by atomic mass is 16.4. The molecule has 0 bridgehead atoms. The second kappa shape index (κ2) is 8.35. The van der Waals surface area contributed by atoms with Gasteiger partial charge in [0.25, 0.3) is 5.56 Å². The molecule has 12 heteroatoms. The number of aliphatic carboxylic acids is 2. The molecule has 0 aliphatic carbocycles. The van der Waals surface area contributed by atoms with Crippen molar-refractivity contribution in [3.05, 3.63) is 22.7 Å². The number of nitrogens with two attached hydrogens (primary N) is 2. The van der Waals surface area contributed by atoms with Crippen molar-refractivity contribution in [2.75, 3.05) is 5.43 Å². The molecular weight excluding hydrogens is 310 g/mol. The molecule has 124 valence electrons. The second-order valence-corrected chi connectivity index (χ2v) is 4.16. The molecule has 23 heavy (non-hydrogen) atoms. The normalized spacial score (nSPS) is 11.2. The van der Waals surface area contributed by atoms with Gasteiger partial charge in [-0.05, 0) is 6.42 Å². The van der Waals surface area contributed by atoms with Gasteiger partial charge in [-0.2, -0.15) is 4.98 Å². The van der Waals surface area contributed by atoms with Crippen molar-refractivity contribution in [1.82, 2.24) is 19.9 Å². The number of aromatic nitrogens is 4. The van der Waals surface area contributed by atoms with Gasteiger partial charge in [-0.15, -0.1) is 0 Å². The fourth-order valence-corrected chi connectivity index (χ4v) is 1.34. The molecule has 2 heterocycles. The lowest BCUT2D eigenvalue weighted by Gasteiger charge is -2.01. The Labute approximate surface area is 128 Å². The van der Waals surface area contributed by atoms with Gasteiger partial charge in [-0.3, -0.25) is 24.8 Å². The van der Waals surface area contributed by atoms with Crippen molar-refractivity contribution in [1.29, 1.82) is 0 Å². The molecule has 0 aliphatic heterocycles. The molecule has 0 aliphatic rings. The summed E-state index contributed by atoms with van der Waals surface area (Å²) in [5.41, 5.74) is 7.32. The number of hydrogen-bond acceptors (Lipinski definition) is 9. The predicted molar refractivity (Wildman–Crippen MR) is 78.2 cm³/mol. The largest absolute Gasteiger partial charge is 0.481 e. The molecule has 0 saturated carbocycles. The summed E-state index contributed by atoms with van der Waals surface area (Å²) in [6.45, 7) is 0. The van der Waals surface area contributed by atoms with Crippen LogP contribution in [0, 0.1) is 0 Å². The highest BCUT2D eigenvalue weighted by molar-refractivity contribution is 5.74. The average molecular weight is 325 g/mol. The molecule has 0 aromatic carbocycles. The number of carboxylic acids is 2. The first-order valence-electron chi connectivity index (χ1n) is 6.23. The molecule has 2 rings (SSSR count). The molecule has 8 N–H and O–H groups in total. The maximum absolute atomic E-state index is 11.3. The topological polar surface area (TPSA) is 210 Å². The van der Waals surface area contributed by atoms with Crippen molar-refractivity contribution in [3.63, 3.8) is 0 Å². The number of rotatable bonds is 5. The van der Waals surface area contributed by atoms with Crippen LogP contribution >= 0.6 is 0 Å². The molecule has 2 aromatic heterocycles. The number of H-pyrrole nitrogens is 1. The molecule has 2 aromatic rings. The number of aromatic amines is 1. The van der Waals surface area contributed by atoms with E-state index in [1.54, 1.807) is 0 Å². The minimum atomic E-state index is -1.17. The van der Waals surface area contributed by atoms with E-state index in [4.69, 9.17) is 21.8 Å². The first-order valence-corrected chi connectivity index (χ1v) is 6.23. The Balaban J connectivity index is 0.000000241. The van der Waals surface area contributed by atoms with Gasteiger partial charge >= 0.3 is 11.9 Å². The standard InChI is InChI=1S/C6H6N6O.C5H9NO4/c7-12-6-10-4-3(5(13)11-6)8-1-2-9-4;6-3(5(9)10)1-2-4(7)8/h1-2H,7H2,(H2,9,10,11,12,13);3H,1-2,6H2,(H,7,8)(H,9,10). The van der Waals surface area contributed by atoms with Gasteiger partial charge in [0.1, 0.15) is 6.04 Å². The number of hydrazine groups is 1. The number of carbonyl (C=O) groups is 2. The maximum Gasteiger partial charge on any atom is 0.320 e. The Morgan fingerprint density at radius 2 is 1.96 bits per heavy atom. The summed E-state index contributed by atoms with van der Waals surface area (Å²) in [5, 5.41) is 16.3.